The first kappa shape index (κ1) is 18.8. The molecule has 2 fully saturated rings. The van der Waals surface area contributed by atoms with E-state index in [-0.39, 0.29) is 71.1 Å². The first-order chi connectivity index (χ1) is 9.23. The molecule has 1 aliphatic heterocycles. The first-order valence-electron chi connectivity index (χ1n) is 7.02. The number of halogens is 2. The Balaban J connectivity index is 0.00000121. The van der Waals surface area contributed by atoms with E-state index in [0.717, 1.165) is 22.0 Å². The third kappa shape index (κ3) is 3.45. The Hall–Kier alpha value is 1.42. The summed E-state index contributed by atoms with van der Waals surface area (Å²) >= 11 is 12.6. The van der Waals surface area contributed by atoms with Crippen LogP contribution in [-0.4, -0.2) is 18.3 Å². The molecule has 1 aromatic rings. The van der Waals surface area contributed by atoms with Crippen LogP contribution in [0.25, 0.3) is 0 Å². The normalized spacial score (nSPS) is 29.1. The standard InChI is InChI=1S/C15H19BCl2O2.K.H/c1-14(2)15(3,4)20-16(19-14)10-8-9(10)13-11(17)6-5-7-12(13)18;;/h5-7,9-10H,8H2,1-4H3;;/q;+1;-1. The van der Waals surface area contributed by atoms with Crippen LogP contribution in [0.3, 0.4) is 0 Å². The summed E-state index contributed by atoms with van der Waals surface area (Å²) in [6, 6.07) is 5.66. The van der Waals surface area contributed by atoms with E-state index in [1.54, 1.807) is 0 Å². The van der Waals surface area contributed by atoms with Gasteiger partial charge < -0.3 is 10.7 Å². The number of benzene rings is 1. The van der Waals surface area contributed by atoms with Gasteiger partial charge in [0.1, 0.15) is 0 Å². The van der Waals surface area contributed by atoms with Gasteiger partial charge in [0, 0.05) is 15.9 Å². The molecule has 1 saturated carbocycles. The van der Waals surface area contributed by atoms with Gasteiger partial charge in [-0.1, -0.05) is 29.3 Å². The molecular weight excluding hydrogens is 333 g/mol. The average Bonchev–Trinajstić information content (AvgIpc) is 3.02. The summed E-state index contributed by atoms with van der Waals surface area (Å²) in [4.78, 5) is 0. The average molecular weight is 353 g/mol. The zero-order chi connectivity index (χ0) is 14.7. The maximum absolute atomic E-state index is 6.28. The zero-order valence-electron chi connectivity index (χ0n) is 14.2. The van der Waals surface area contributed by atoms with Crippen LogP contribution in [0.4, 0.5) is 0 Å². The van der Waals surface area contributed by atoms with Gasteiger partial charge in [0.05, 0.1) is 11.2 Å². The third-order valence-electron chi connectivity index (χ3n) is 4.83. The summed E-state index contributed by atoms with van der Waals surface area (Å²) < 4.78 is 12.2. The predicted octanol–water partition coefficient (Wildman–Crippen LogP) is 2.06. The number of rotatable bonds is 2. The fraction of sp³-hybridized carbons (Fsp3) is 0.600. The van der Waals surface area contributed by atoms with Gasteiger partial charge in [0.15, 0.2) is 0 Å². The molecule has 0 bridgehead atoms. The second-order valence-corrected chi connectivity index (χ2v) is 7.58. The summed E-state index contributed by atoms with van der Waals surface area (Å²) in [7, 11) is -0.169. The Labute approximate surface area is 181 Å². The SMILES string of the molecule is CC1(C)OB(C2CC2c2c(Cl)cccc2Cl)OC1(C)C.[H-].[K+]. The molecule has 110 valence electrons. The fourth-order valence-corrected chi connectivity index (χ4v) is 3.45. The van der Waals surface area contributed by atoms with Gasteiger partial charge in [-0.3, -0.25) is 0 Å². The van der Waals surface area contributed by atoms with Gasteiger partial charge >= 0.3 is 58.5 Å². The Kier molecular flexibility index (Phi) is 5.70. The Morgan fingerprint density at radius 3 is 2.05 bits per heavy atom. The summed E-state index contributed by atoms with van der Waals surface area (Å²) in [6.45, 7) is 8.31. The Bertz CT molecular complexity index is 520. The second kappa shape index (κ2) is 6.38. The molecule has 6 heteroatoms. The molecule has 21 heavy (non-hydrogen) atoms. The minimum absolute atomic E-state index is 0. The van der Waals surface area contributed by atoms with Gasteiger partial charge in [0.2, 0.25) is 0 Å². The van der Waals surface area contributed by atoms with Crippen molar-refractivity contribution in [3.63, 3.8) is 0 Å². The minimum atomic E-state index is -0.283. The van der Waals surface area contributed by atoms with Crippen LogP contribution in [0.2, 0.25) is 15.9 Å². The molecule has 2 nitrogen and oxygen atoms in total. The van der Waals surface area contributed by atoms with E-state index < -0.39 is 0 Å². The smallest absolute Gasteiger partial charge is 1.00 e. The van der Waals surface area contributed by atoms with E-state index in [1.807, 2.05) is 18.2 Å². The monoisotopic (exact) mass is 352 g/mol. The number of hydrogen-bond donors (Lipinski definition) is 0. The van der Waals surface area contributed by atoms with Crippen molar-refractivity contribution in [1.29, 1.82) is 0 Å². The van der Waals surface area contributed by atoms with Gasteiger partial charge in [-0.2, -0.15) is 0 Å². The second-order valence-electron chi connectivity index (χ2n) is 6.77. The van der Waals surface area contributed by atoms with E-state index in [0.29, 0.717) is 11.7 Å². The van der Waals surface area contributed by atoms with Gasteiger partial charge in [-0.05, 0) is 57.7 Å². The summed E-state index contributed by atoms with van der Waals surface area (Å²) in [5, 5.41) is 1.48. The molecule has 2 aliphatic rings. The molecule has 0 spiro atoms. The largest absolute Gasteiger partial charge is 1.00 e. The van der Waals surface area contributed by atoms with Crippen molar-refractivity contribution in [2.24, 2.45) is 0 Å². The number of hydrogen-bond acceptors (Lipinski definition) is 2. The van der Waals surface area contributed by atoms with Crippen LogP contribution in [0.5, 0.6) is 0 Å². The predicted molar refractivity (Wildman–Crippen MR) is 84.8 cm³/mol. The molecule has 3 rings (SSSR count). The molecule has 1 aliphatic carbocycles. The molecule has 2 atom stereocenters. The van der Waals surface area contributed by atoms with Crippen LogP contribution in [0, 0.1) is 0 Å². The molecule has 0 N–H and O–H groups in total. The van der Waals surface area contributed by atoms with Crippen LogP contribution >= 0.6 is 23.2 Å². The summed E-state index contributed by atoms with van der Waals surface area (Å²) in [5.74, 6) is 0.680. The van der Waals surface area contributed by atoms with Crippen LogP contribution in [-0.2, 0) is 9.31 Å². The quantitative estimate of drug-likeness (QED) is 0.758. The molecule has 0 radical (unpaired) electrons. The summed E-state index contributed by atoms with van der Waals surface area (Å²) in [5.41, 5.74) is 0.472. The third-order valence-corrected chi connectivity index (χ3v) is 5.49. The molecule has 1 saturated heterocycles. The van der Waals surface area contributed by atoms with Gasteiger partial charge in [-0.15, -0.1) is 0 Å². The molecule has 0 amide bonds. The minimum Gasteiger partial charge on any atom is -1.00 e. The first-order valence-corrected chi connectivity index (χ1v) is 7.78. The topological polar surface area (TPSA) is 18.5 Å². The van der Waals surface area contributed by atoms with Crippen molar-refractivity contribution in [2.45, 2.75) is 57.1 Å². The molecule has 0 aromatic heterocycles. The maximum atomic E-state index is 6.28. The Morgan fingerprint density at radius 1 is 1.10 bits per heavy atom. The molecule has 2 unspecified atom stereocenters. The molecular formula is C15H20BCl2KO2. The van der Waals surface area contributed by atoms with Crippen LogP contribution < -0.4 is 51.4 Å². The summed E-state index contributed by atoms with van der Waals surface area (Å²) in [6.07, 6.45) is 1.01. The van der Waals surface area contributed by atoms with Crippen molar-refractivity contribution >= 4 is 30.3 Å². The van der Waals surface area contributed by atoms with Gasteiger partial charge in [-0.25, -0.2) is 0 Å². The zero-order valence-corrected chi connectivity index (χ0v) is 17.9. The molecule has 1 heterocycles. The van der Waals surface area contributed by atoms with E-state index >= 15 is 0 Å². The van der Waals surface area contributed by atoms with Crippen molar-refractivity contribution < 1.29 is 62.1 Å². The van der Waals surface area contributed by atoms with Crippen molar-refractivity contribution in [3.8, 4) is 0 Å². The van der Waals surface area contributed by atoms with E-state index in [2.05, 4.69) is 27.7 Å². The van der Waals surface area contributed by atoms with E-state index in [1.165, 1.54) is 0 Å². The van der Waals surface area contributed by atoms with Crippen LogP contribution in [0.15, 0.2) is 18.2 Å². The Morgan fingerprint density at radius 2 is 1.57 bits per heavy atom. The van der Waals surface area contributed by atoms with E-state index in [4.69, 9.17) is 32.5 Å². The van der Waals surface area contributed by atoms with Crippen LogP contribution in [0.1, 0.15) is 47.0 Å². The van der Waals surface area contributed by atoms with Crippen molar-refractivity contribution in [1.82, 2.24) is 0 Å². The van der Waals surface area contributed by atoms with Gasteiger partial charge in [0.25, 0.3) is 0 Å². The fourth-order valence-electron chi connectivity index (χ4n) is 2.78. The van der Waals surface area contributed by atoms with Crippen molar-refractivity contribution in [2.75, 3.05) is 0 Å². The van der Waals surface area contributed by atoms with E-state index in [9.17, 15) is 0 Å². The maximum Gasteiger partial charge on any atom is 1.00 e. The van der Waals surface area contributed by atoms with Crippen molar-refractivity contribution in [3.05, 3.63) is 33.8 Å². The molecule has 1 aromatic carbocycles.